The molecule has 5 heteroatoms. The van der Waals surface area contributed by atoms with E-state index in [4.69, 9.17) is 4.74 Å². The maximum absolute atomic E-state index is 12.7. The minimum absolute atomic E-state index is 0.0689. The summed E-state index contributed by atoms with van der Waals surface area (Å²) in [5, 5.41) is 0. The fraction of sp³-hybridized carbons (Fsp3) is 0.579. The standard InChI is InChI=1S/C19H27N3O2/c1-3-8-21-10-11-24-18-14-22(9-7-16(18)13-21)19(23)15-5-6-17(4-2)20-12-15/h3,5-6,12,16,18H,1,4,7-11,13-14H2,2H3. The second kappa shape index (κ2) is 7.90. The summed E-state index contributed by atoms with van der Waals surface area (Å²) in [7, 11) is 0. The monoisotopic (exact) mass is 329 g/mol. The van der Waals surface area contributed by atoms with Crippen molar-refractivity contribution in [2.45, 2.75) is 25.9 Å². The van der Waals surface area contributed by atoms with E-state index in [9.17, 15) is 4.79 Å². The van der Waals surface area contributed by atoms with Gasteiger partial charge in [0.05, 0.1) is 18.3 Å². The minimum Gasteiger partial charge on any atom is -0.375 e. The SMILES string of the molecule is C=CCN1CCOC2CN(C(=O)c3ccc(CC)nc3)CCC2C1. The van der Waals surface area contributed by atoms with Crippen LogP contribution in [0.15, 0.2) is 31.0 Å². The Kier molecular flexibility index (Phi) is 5.63. The number of pyridine rings is 1. The van der Waals surface area contributed by atoms with E-state index in [1.54, 1.807) is 6.20 Å². The number of piperidine rings is 1. The first-order valence-corrected chi connectivity index (χ1v) is 8.90. The lowest BCUT2D eigenvalue weighted by molar-refractivity contribution is -0.0171. The average molecular weight is 329 g/mol. The summed E-state index contributed by atoms with van der Waals surface area (Å²) in [6.07, 6.45) is 5.67. The van der Waals surface area contributed by atoms with E-state index >= 15 is 0 Å². The fourth-order valence-electron chi connectivity index (χ4n) is 3.59. The second-order valence-corrected chi connectivity index (χ2v) is 6.65. The van der Waals surface area contributed by atoms with Gasteiger partial charge in [0.2, 0.25) is 0 Å². The van der Waals surface area contributed by atoms with Crippen molar-refractivity contribution in [3.05, 3.63) is 42.2 Å². The van der Waals surface area contributed by atoms with Gasteiger partial charge in [0.25, 0.3) is 5.91 Å². The number of likely N-dealkylation sites (tertiary alicyclic amines) is 1. The first kappa shape index (κ1) is 17.1. The highest BCUT2D eigenvalue weighted by Crippen LogP contribution is 2.25. The predicted molar refractivity (Wildman–Crippen MR) is 94.0 cm³/mol. The maximum Gasteiger partial charge on any atom is 0.255 e. The van der Waals surface area contributed by atoms with Gasteiger partial charge in [-0.15, -0.1) is 6.58 Å². The summed E-state index contributed by atoms with van der Waals surface area (Å²) in [5.74, 6) is 0.566. The van der Waals surface area contributed by atoms with E-state index in [0.29, 0.717) is 18.0 Å². The molecule has 0 aliphatic carbocycles. The molecule has 2 aliphatic heterocycles. The maximum atomic E-state index is 12.7. The molecule has 0 bridgehead atoms. The van der Waals surface area contributed by atoms with Crippen molar-refractivity contribution in [1.82, 2.24) is 14.8 Å². The van der Waals surface area contributed by atoms with Gasteiger partial charge in [-0.2, -0.15) is 0 Å². The van der Waals surface area contributed by atoms with Gasteiger partial charge in [-0.05, 0) is 25.0 Å². The Labute approximate surface area is 144 Å². The van der Waals surface area contributed by atoms with E-state index in [1.807, 2.05) is 23.1 Å². The van der Waals surface area contributed by atoms with Crippen LogP contribution >= 0.6 is 0 Å². The van der Waals surface area contributed by atoms with Crippen LogP contribution in [0.1, 0.15) is 29.4 Å². The summed E-state index contributed by atoms with van der Waals surface area (Å²) in [6.45, 7) is 11.0. The number of carbonyl (C=O) groups excluding carboxylic acids is 1. The Balaban J connectivity index is 1.63. The normalized spacial score (nSPS) is 25.0. The number of carbonyl (C=O) groups is 1. The van der Waals surface area contributed by atoms with E-state index < -0.39 is 0 Å². The fourth-order valence-corrected chi connectivity index (χ4v) is 3.59. The first-order valence-electron chi connectivity index (χ1n) is 8.90. The van der Waals surface area contributed by atoms with Crippen LogP contribution in [0, 0.1) is 5.92 Å². The van der Waals surface area contributed by atoms with Crippen molar-refractivity contribution in [3.63, 3.8) is 0 Å². The molecule has 2 aliphatic rings. The molecule has 0 radical (unpaired) electrons. The lowest BCUT2D eigenvalue weighted by atomic mass is 9.93. The topological polar surface area (TPSA) is 45.7 Å². The third-order valence-corrected chi connectivity index (χ3v) is 5.04. The molecule has 2 unspecified atom stereocenters. The van der Waals surface area contributed by atoms with Gasteiger partial charge < -0.3 is 9.64 Å². The molecule has 130 valence electrons. The minimum atomic E-state index is 0.0689. The smallest absolute Gasteiger partial charge is 0.255 e. The molecule has 1 aromatic rings. The highest BCUT2D eigenvalue weighted by molar-refractivity contribution is 5.94. The van der Waals surface area contributed by atoms with Gasteiger partial charge in [0, 0.05) is 50.5 Å². The van der Waals surface area contributed by atoms with E-state index in [-0.39, 0.29) is 12.0 Å². The molecule has 1 amide bonds. The van der Waals surface area contributed by atoms with Gasteiger partial charge in [-0.3, -0.25) is 14.7 Å². The molecule has 1 aromatic heterocycles. The van der Waals surface area contributed by atoms with Crippen LogP contribution < -0.4 is 0 Å². The van der Waals surface area contributed by atoms with Crippen LogP contribution in [-0.4, -0.2) is 66.1 Å². The van der Waals surface area contributed by atoms with Gasteiger partial charge in [0.1, 0.15) is 0 Å². The third kappa shape index (κ3) is 3.84. The average Bonchev–Trinajstić information content (AvgIpc) is 2.82. The van der Waals surface area contributed by atoms with Crippen molar-refractivity contribution in [2.24, 2.45) is 5.92 Å². The van der Waals surface area contributed by atoms with Gasteiger partial charge >= 0.3 is 0 Å². The molecule has 0 saturated carbocycles. The van der Waals surface area contributed by atoms with Crippen LogP contribution in [-0.2, 0) is 11.2 Å². The van der Waals surface area contributed by atoms with Crippen LogP contribution in [0.3, 0.4) is 0 Å². The van der Waals surface area contributed by atoms with Crippen molar-refractivity contribution >= 4 is 5.91 Å². The largest absolute Gasteiger partial charge is 0.375 e. The van der Waals surface area contributed by atoms with Crippen LogP contribution in [0.25, 0.3) is 0 Å². The Morgan fingerprint density at radius 2 is 2.29 bits per heavy atom. The molecular formula is C19H27N3O2. The van der Waals surface area contributed by atoms with Crippen molar-refractivity contribution < 1.29 is 9.53 Å². The molecule has 3 heterocycles. The predicted octanol–water partition coefficient (Wildman–Crippen LogP) is 1.99. The van der Waals surface area contributed by atoms with Crippen LogP contribution in [0.2, 0.25) is 0 Å². The lowest BCUT2D eigenvalue weighted by Gasteiger charge is -2.38. The van der Waals surface area contributed by atoms with Gasteiger partial charge in [0.15, 0.2) is 0 Å². The molecule has 24 heavy (non-hydrogen) atoms. The second-order valence-electron chi connectivity index (χ2n) is 6.65. The van der Waals surface area contributed by atoms with E-state index in [1.165, 1.54) is 0 Å². The van der Waals surface area contributed by atoms with Crippen LogP contribution in [0.4, 0.5) is 0 Å². The highest BCUT2D eigenvalue weighted by atomic mass is 16.5. The Morgan fingerprint density at radius 3 is 3.00 bits per heavy atom. The summed E-state index contributed by atoms with van der Waals surface area (Å²) < 4.78 is 6.05. The van der Waals surface area contributed by atoms with Crippen molar-refractivity contribution in [1.29, 1.82) is 0 Å². The van der Waals surface area contributed by atoms with Crippen LogP contribution in [0.5, 0.6) is 0 Å². The molecule has 3 rings (SSSR count). The zero-order chi connectivity index (χ0) is 16.9. The number of aryl methyl sites for hydroxylation is 1. The van der Waals surface area contributed by atoms with E-state index in [0.717, 1.165) is 51.3 Å². The van der Waals surface area contributed by atoms with E-state index in [2.05, 4.69) is 23.4 Å². The Bertz CT molecular complexity index is 572. The molecule has 2 saturated heterocycles. The number of ether oxygens (including phenoxy) is 1. The number of nitrogens with zero attached hydrogens (tertiary/aromatic N) is 3. The molecule has 2 fully saturated rings. The summed E-state index contributed by atoms with van der Waals surface area (Å²) in [6, 6.07) is 3.83. The Morgan fingerprint density at radius 1 is 1.42 bits per heavy atom. The summed E-state index contributed by atoms with van der Waals surface area (Å²) >= 11 is 0. The molecule has 5 nitrogen and oxygen atoms in total. The number of amides is 1. The van der Waals surface area contributed by atoms with Crippen molar-refractivity contribution in [3.8, 4) is 0 Å². The highest BCUT2D eigenvalue weighted by Gasteiger charge is 2.35. The van der Waals surface area contributed by atoms with Crippen molar-refractivity contribution in [2.75, 3.05) is 39.3 Å². The third-order valence-electron chi connectivity index (χ3n) is 5.04. The number of rotatable bonds is 4. The molecule has 0 N–H and O–H groups in total. The summed E-state index contributed by atoms with van der Waals surface area (Å²) in [5.41, 5.74) is 1.69. The van der Waals surface area contributed by atoms with Gasteiger partial charge in [-0.1, -0.05) is 13.0 Å². The zero-order valence-corrected chi connectivity index (χ0v) is 14.5. The molecule has 2 atom stereocenters. The number of aromatic nitrogens is 1. The number of hydrogen-bond acceptors (Lipinski definition) is 4. The molecular weight excluding hydrogens is 302 g/mol. The number of fused-ring (bicyclic) bond motifs is 1. The first-order chi connectivity index (χ1) is 11.7. The number of hydrogen-bond donors (Lipinski definition) is 0. The Hall–Kier alpha value is -1.72. The molecule has 0 aromatic carbocycles. The zero-order valence-electron chi connectivity index (χ0n) is 14.5. The lowest BCUT2D eigenvalue weighted by Crippen LogP contribution is -2.49. The molecule has 0 spiro atoms. The van der Waals surface area contributed by atoms with Gasteiger partial charge in [-0.25, -0.2) is 0 Å². The summed E-state index contributed by atoms with van der Waals surface area (Å²) in [4.78, 5) is 21.4. The quantitative estimate of drug-likeness (QED) is 0.793.